The van der Waals surface area contributed by atoms with Crippen molar-refractivity contribution in [2.24, 2.45) is 5.92 Å². The first-order valence-electron chi connectivity index (χ1n) is 4.87. The van der Waals surface area contributed by atoms with E-state index in [2.05, 4.69) is 5.32 Å². The molecule has 0 aliphatic carbocycles. The molecule has 1 aliphatic heterocycles. The van der Waals surface area contributed by atoms with Crippen molar-refractivity contribution in [1.82, 2.24) is 5.32 Å². The second-order valence-corrected chi connectivity index (χ2v) is 4.10. The van der Waals surface area contributed by atoms with Crippen molar-refractivity contribution in [3.63, 3.8) is 0 Å². The van der Waals surface area contributed by atoms with Crippen molar-refractivity contribution in [2.75, 3.05) is 19.7 Å². The van der Waals surface area contributed by atoms with Crippen molar-refractivity contribution in [2.45, 2.75) is 6.61 Å². The number of rotatable bonds is 4. The SMILES string of the molecule is Clc1ccc(COCC2CNC2)cc1. The molecule has 0 aromatic heterocycles. The summed E-state index contributed by atoms with van der Waals surface area (Å²) in [6.07, 6.45) is 0. The Morgan fingerprint density at radius 2 is 2.00 bits per heavy atom. The summed E-state index contributed by atoms with van der Waals surface area (Å²) >= 11 is 5.78. The monoisotopic (exact) mass is 211 g/mol. The third-order valence-corrected chi connectivity index (χ3v) is 2.65. The summed E-state index contributed by atoms with van der Waals surface area (Å²) in [6, 6.07) is 7.79. The number of ether oxygens (including phenoxy) is 1. The maximum atomic E-state index is 5.78. The zero-order valence-corrected chi connectivity index (χ0v) is 8.76. The normalized spacial score (nSPS) is 16.6. The van der Waals surface area contributed by atoms with Crippen LogP contribution in [0.4, 0.5) is 0 Å². The highest BCUT2D eigenvalue weighted by atomic mass is 35.5. The van der Waals surface area contributed by atoms with E-state index in [-0.39, 0.29) is 0 Å². The summed E-state index contributed by atoms with van der Waals surface area (Å²) in [6.45, 7) is 3.74. The molecule has 3 heteroatoms. The Kier molecular flexibility index (Phi) is 3.40. The Bertz CT molecular complexity index is 282. The molecule has 1 saturated heterocycles. The van der Waals surface area contributed by atoms with Gasteiger partial charge in [-0.25, -0.2) is 0 Å². The van der Waals surface area contributed by atoms with Crippen LogP contribution in [0.15, 0.2) is 24.3 Å². The van der Waals surface area contributed by atoms with Crippen molar-refractivity contribution in [3.8, 4) is 0 Å². The van der Waals surface area contributed by atoms with E-state index < -0.39 is 0 Å². The van der Waals surface area contributed by atoms with E-state index in [4.69, 9.17) is 16.3 Å². The van der Waals surface area contributed by atoms with Crippen molar-refractivity contribution >= 4 is 11.6 Å². The average Bonchev–Trinajstić information content (AvgIpc) is 2.12. The fraction of sp³-hybridized carbons (Fsp3) is 0.455. The van der Waals surface area contributed by atoms with Crippen LogP contribution in [-0.2, 0) is 11.3 Å². The van der Waals surface area contributed by atoms with Crippen LogP contribution >= 0.6 is 11.6 Å². The van der Waals surface area contributed by atoms with Crippen LogP contribution in [-0.4, -0.2) is 19.7 Å². The first kappa shape index (κ1) is 9.97. The van der Waals surface area contributed by atoms with Gasteiger partial charge >= 0.3 is 0 Å². The molecule has 14 heavy (non-hydrogen) atoms. The Balaban J connectivity index is 1.71. The molecule has 2 nitrogen and oxygen atoms in total. The number of nitrogens with one attached hydrogen (secondary N) is 1. The quantitative estimate of drug-likeness (QED) is 0.824. The van der Waals surface area contributed by atoms with Gasteiger partial charge in [-0.1, -0.05) is 23.7 Å². The van der Waals surface area contributed by atoms with E-state index in [1.54, 1.807) is 0 Å². The van der Waals surface area contributed by atoms with Crippen molar-refractivity contribution < 1.29 is 4.74 Å². The molecular formula is C11H14ClNO. The molecule has 1 fully saturated rings. The molecule has 76 valence electrons. The van der Waals surface area contributed by atoms with E-state index in [1.165, 1.54) is 5.56 Å². The standard InChI is InChI=1S/C11H14ClNO/c12-11-3-1-9(2-4-11)7-14-8-10-5-13-6-10/h1-4,10,13H,5-8H2. The summed E-state index contributed by atoms with van der Waals surface area (Å²) in [5.74, 6) is 0.710. The molecule has 1 heterocycles. The van der Waals surface area contributed by atoms with Gasteiger partial charge in [0.15, 0.2) is 0 Å². The van der Waals surface area contributed by atoms with Crippen molar-refractivity contribution in [3.05, 3.63) is 34.9 Å². The molecule has 1 N–H and O–H groups in total. The molecular weight excluding hydrogens is 198 g/mol. The minimum atomic E-state index is 0.688. The van der Waals surface area contributed by atoms with Crippen molar-refractivity contribution in [1.29, 1.82) is 0 Å². The van der Waals surface area contributed by atoms with Gasteiger partial charge in [-0.3, -0.25) is 0 Å². The predicted octanol–water partition coefficient (Wildman–Crippen LogP) is 2.08. The molecule has 0 atom stereocenters. The Morgan fingerprint density at radius 3 is 2.57 bits per heavy atom. The summed E-state index contributed by atoms with van der Waals surface area (Å²) < 4.78 is 5.58. The van der Waals surface area contributed by atoms with Crippen LogP contribution in [0.5, 0.6) is 0 Å². The lowest BCUT2D eigenvalue weighted by Gasteiger charge is -2.26. The molecule has 0 bridgehead atoms. The topological polar surface area (TPSA) is 21.3 Å². The molecule has 0 amide bonds. The Labute approximate surface area is 89.2 Å². The molecule has 0 radical (unpaired) electrons. The third-order valence-electron chi connectivity index (χ3n) is 2.40. The first-order chi connectivity index (χ1) is 6.84. The van der Waals surface area contributed by atoms with E-state index in [0.29, 0.717) is 12.5 Å². The van der Waals surface area contributed by atoms with Crippen LogP contribution in [0, 0.1) is 5.92 Å². The van der Waals surface area contributed by atoms with E-state index >= 15 is 0 Å². The van der Waals surface area contributed by atoms with Gasteiger partial charge in [0, 0.05) is 24.0 Å². The van der Waals surface area contributed by atoms with Gasteiger partial charge in [0.2, 0.25) is 0 Å². The number of halogens is 1. The van der Waals surface area contributed by atoms with E-state index in [9.17, 15) is 0 Å². The number of benzene rings is 1. The largest absolute Gasteiger partial charge is 0.376 e. The molecule has 2 rings (SSSR count). The molecule has 1 aromatic carbocycles. The summed E-state index contributed by atoms with van der Waals surface area (Å²) in [4.78, 5) is 0. The van der Waals surface area contributed by atoms with Gasteiger partial charge in [0.25, 0.3) is 0 Å². The smallest absolute Gasteiger partial charge is 0.0717 e. The number of hydrogen-bond donors (Lipinski definition) is 1. The summed E-state index contributed by atoms with van der Waals surface area (Å²) in [5.41, 5.74) is 1.18. The minimum Gasteiger partial charge on any atom is -0.376 e. The Morgan fingerprint density at radius 1 is 1.29 bits per heavy atom. The van der Waals surface area contributed by atoms with Crippen LogP contribution in [0.2, 0.25) is 5.02 Å². The van der Waals surface area contributed by atoms with E-state index in [1.807, 2.05) is 24.3 Å². The second-order valence-electron chi connectivity index (χ2n) is 3.67. The molecule has 1 aromatic rings. The lowest BCUT2D eigenvalue weighted by Crippen LogP contribution is -2.44. The van der Waals surface area contributed by atoms with E-state index in [0.717, 1.165) is 24.7 Å². The highest BCUT2D eigenvalue weighted by molar-refractivity contribution is 6.30. The van der Waals surface area contributed by atoms with Crippen LogP contribution in [0.3, 0.4) is 0 Å². The zero-order valence-electron chi connectivity index (χ0n) is 8.00. The maximum Gasteiger partial charge on any atom is 0.0717 e. The van der Waals surface area contributed by atoms with Gasteiger partial charge in [0.1, 0.15) is 0 Å². The highest BCUT2D eigenvalue weighted by Crippen LogP contribution is 2.11. The first-order valence-corrected chi connectivity index (χ1v) is 5.25. The van der Waals surface area contributed by atoms with Gasteiger partial charge in [-0.15, -0.1) is 0 Å². The average molecular weight is 212 g/mol. The van der Waals surface area contributed by atoms with Crippen LogP contribution in [0.25, 0.3) is 0 Å². The number of hydrogen-bond acceptors (Lipinski definition) is 2. The fourth-order valence-electron chi connectivity index (χ4n) is 1.39. The molecule has 0 saturated carbocycles. The summed E-state index contributed by atoms with van der Waals surface area (Å²) in [5, 5.41) is 3.99. The second kappa shape index (κ2) is 4.78. The lowest BCUT2D eigenvalue weighted by atomic mass is 10.1. The van der Waals surface area contributed by atoms with Gasteiger partial charge in [-0.2, -0.15) is 0 Å². The van der Waals surface area contributed by atoms with Gasteiger partial charge in [0.05, 0.1) is 13.2 Å². The van der Waals surface area contributed by atoms with Crippen LogP contribution in [0.1, 0.15) is 5.56 Å². The highest BCUT2D eigenvalue weighted by Gasteiger charge is 2.16. The van der Waals surface area contributed by atoms with Gasteiger partial charge in [-0.05, 0) is 17.7 Å². The van der Waals surface area contributed by atoms with Gasteiger partial charge < -0.3 is 10.1 Å². The Hall–Kier alpha value is -0.570. The third kappa shape index (κ3) is 2.71. The molecule has 1 aliphatic rings. The zero-order chi connectivity index (χ0) is 9.80. The minimum absolute atomic E-state index is 0.688. The lowest BCUT2D eigenvalue weighted by molar-refractivity contribution is 0.0689. The van der Waals surface area contributed by atoms with Crippen LogP contribution < -0.4 is 5.32 Å². The summed E-state index contributed by atoms with van der Waals surface area (Å²) in [7, 11) is 0. The molecule has 0 spiro atoms. The predicted molar refractivity (Wildman–Crippen MR) is 57.5 cm³/mol. The maximum absolute atomic E-state index is 5.78. The fourth-order valence-corrected chi connectivity index (χ4v) is 1.52. The molecule has 0 unspecified atom stereocenters.